The summed E-state index contributed by atoms with van der Waals surface area (Å²) in [6.07, 6.45) is 5.00. The van der Waals surface area contributed by atoms with E-state index in [0.29, 0.717) is 17.8 Å². The molecule has 2 N–H and O–H groups in total. The zero-order chi connectivity index (χ0) is 19.8. The molecule has 1 heterocycles. The molecule has 0 radical (unpaired) electrons. The largest absolute Gasteiger partial charge is 0.483 e. The van der Waals surface area contributed by atoms with Crippen molar-refractivity contribution in [3.05, 3.63) is 59.7 Å². The van der Waals surface area contributed by atoms with Crippen molar-refractivity contribution >= 4 is 6.47 Å². The Morgan fingerprint density at radius 3 is 2.25 bits per heavy atom. The maximum atomic E-state index is 8.36. The van der Waals surface area contributed by atoms with E-state index in [9.17, 15) is 0 Å². The molecule has 1 aromatic heterocycles. The van der Waals surface area contributed by atoms with Gasteiger partial charge in [0, 0.05) is 23.7 Å². The first-order chi connectivity index (χ1) is 13.7. The molecule has 2 aromatic carbocycles. The Balaban J connectivity index is 0.000000706. The molecule has 0 spiro atoms. The van der Waals surface area contributed by atoms with Crippen LogP contribution in [0, 0.1) is 0 Å². The molecule has 28 heavy (non-hydrogen) atoms. The van der Waals surface area contributed by atoms with Gasteiger partial charge in [0.2, 0.25) is 5.82 Å². The first-order valence-corrected chi connectivity index (χ1v) is 9.57. The van der Waals surface area contributed by atoms with Gasteiger partial charge in [0.15, 0.2) is 0 Å². The predicted molar refractivity (Wildman–Crippen MR) is 108 cm³/mol. The van der Waals surface area contributed by atoms with Crippen molar-refractivity contribution in [3.8, 4) is 22.8 Å². The fourth-order valence-electron chi connectivity index (χ4n) is 2.99. The van der Waals surface area contributed by atoms with Crippen molar-refractivity contribution in [3.63, 3.8) is 0 Å². The SMILES string of the molecule is CCc1ccc(-c2nc(-c3ccc(CNC4CCC4)cc3)no2)cc1.O=CO. The van der Waals surface area contributed by atoms with Crippen LogP contribution in [0.3, 0.4) is 0 Å². The first kappa shape index (κ1) is 19.8. The molecule has 0 saturated heterocycles. The summed E-state index contributed by atoms with van der Waals surface area (Å²) >= 11 is 0. The highest BCUT2D eigenvalue weighted by Crippen LogP contribution is 2.23. The standard InChI is InChI=1S/C21H23N3O.CH2O2/c1-2-15-6-12-18(13-7-15)21-23-20(24-25-21)17-10-8-16(9-11-17)14-22-19-4-3-5-19;2-1-3/h6-13,19,22H,2-5,14H2,1H3;1H,(H,2,3). The Morgan fingerprint density at radius 1 is 1.07 bits per heavy atom. The fraction of sp³-hybridized carbons (Fsp3) is 0.318. The summed E-state index contributed by atoms with van der Waals surface area (Å²) in [5.41, 5.74) is 4.52. The van der Waals surface area contributed by atoms with E-state index in [4.69, 9.17) is 14.4 Å². The molecule has 1 fully saturated rings. The second-order valence-electron chi connectivity index (χ2n) is 6.78. The number of carboxylic acid groups (broad SMARTS) is 1. The Kier molecular flexibility index (Phi) is 6.92. The van der Waals surface area contributed by atoms with Gasteiger partial charge in [-0.1, -0.05) is 54.9 Å². The molecule has 0 unspecified atom stereocenters. The molecule has 6 nitrogen and oxygen atoms in total. The Bertz CT molecular complexity index is 869. The zero-order valence-electron chi connectivity index (χ0n) is 16.0. The average Bonchev–Trinajstić information content (AvgIpc) is 3.18. The summed E-state index contributed by atoms with van der Waals surface area (Å²) in [6, 6.07) is 17.4. The lowest BCUT2D eigenvalue weighted by atomic mass is 9.93. The lowest BCUT2D eigenvalue weighted by Crippen LogP contribution is -2.34. The van der Waals surface area contributed by atoms with Gasteiger partial charge in [-0.05, 0) is 42.5 Å². The third kappa shape index (κ3) is 5.04. The minimum atomic E-state index is -0.250. The van der Waals surface area contributed by atoms with Crippen LogP contribution in [0.25, 0.3) is 22.8 Å². The molecule has 146 valence electrons. The first-order valence-electron chi connectivity index (χ1n) is 9.57. The monoisotopic (exact) mass is 379 g/mol. The van der Waals surface area contributed by atoms with Gasteiger partial charge < -0.3 is 14.9 Å². The molecular formula is C22H25N3O3. The summed E-state index contributed by atoms with van der Waals surface area (Å²) in [6.45, 7) is 2.82. The van der Waals surface area contributed by atoms with E-state index < -0.39 is 0 Å². The van der Waals surface area contributed by atoms with Crippen LogP contribution in [0.1, 0.15) is 37.3 Å². The van der Waals surface area contributed by atoms with Crippen LogP contribution in [-0.4, -0.2) is 27.8 Å². The number of aromatic nitrogens is 2. The summed E-state index contributed by atoms with van der Waals surface area (Å²) in [7, 11) is 0. The van der Waals surface area contributed by atoms with E-state index in [-0.39, 0.29) is 6.47 Å². The van der Waals surface area contributed by atoms with E-state index >= 15 is 0 Å². The van der Waals surface area contributed by atoms with Crippen LogP contribution in [0.5, 0.6) is 0 Å². The van der Waals surface area contributed by atoms with Gasteiger partial charge in [0.05, 0.1) is 0 Å². The third-order valence-corrected chi connectivity index (χ3v) is 4.95. The maximum absolute atomic E-state index is 8.36. The van der Waals surface area contributed by atoms with Crippen molar-refractivity contribution in [1.29, 1.82) is 0 Å². The van der Waals surface area contributed by atoms with Gasteiger partial charge in [-0.3, -0.25) is 4.79 Å². The number of aryl methyl sites for hydroxylation is 1. The lowest BCUT2D eigenvalue weighted by Gasteiger charge is -2.26. The van der Waals surface area contributed by atoms with Crippen LogP contribution in [-0.2, 0) is 17.8 Å². The van der Waals surface area contributed by atoms with E-state index in [1.165, 1.54) is 30.4 Å². The number of hydrogen-bond acceptors (Lipinski definition) is 5. The van der Waals surface area contributed by atoms with Crippen LogP contribution in [0.2, 0.25) is 0 Å². The highest BCUT2D eigenvalue weighted by molar-refractivity contribution is 5.60. The van der Waals surface area contributed by atoms with Gasteiger partial charge in [-0.15, -0.1) is 0 Å². The topological polar surface area (TPSA) is 88.3 Å². The number of carbonyl (C=O) groups is 1. The average molecular weight is 379 g/mol. The van der Waals surface area contributed by atoms with Crippen LogP contribution < -0.4 is 5.32 Å². The molecule has 1 aliphatic carbocycles. The quantitative estimate of drug-likeness (QED) is 0.621. The molecule has 1 aliphatic rings. The smallest absolute Gasteiger partial charge is 0.290 e. The van der Waals surface area contributed by atoms with Gasteiger partial charge >= 0.3 is 0 Å². The Hall–Kier alpha value is -2.99. The Morgan fingerprint density at radius 2 is 1.68 bits per heavy atom. The molecule has 6 heteroatoms. The minimum Gasteiger partial charge on any atom is -0.483 e. The second-order valence-corrected chi connectivity index (χ2v) is 6.78. The summed E-state index contributed by atoms with van der Waals surface area (Å²) in [4.78, 5) is 12.9. The van der Waals surface area contributed by atoms with E-state index in [0.717, 1.165) is 24.1 Å². The normalized spacial score (nSPS) is 13.3. The molecule has 0 aliphatic heterocycles. The van der Waals surface area contributed by atoms with Crippen molar-refractivity contribution < 1.29 is 14.4 Å². The molecule has 4 rings (SSSR count). The second kappa shape index (κ2) is 9.80. The van der Waals surface area contributed by atoms with Crippen molar-refractivity contribution in [2.45, 2.75) is 45.2 Å². The summed E-state index contributed by atoms with van der Waals surface area (Å²) in [5, 5.41) is 14.6. The summed E-state index contributed by atoms with van der Waals surface area (Å²) < 4.78 is 5.44. The number of nitrogens with zero attached hydrogens (tertiary/aromatic N) is 2. The van der Waals surface area contributed by atoms with Gasteiger partial charge in [0.25, 0.3) is 12.4 Å². The summed E-state index contributed by atoms with van der Waals surface area (Å²) in [5.74, 6) is 1.20. The Labute approximate surface area is 164 Å². The van der Waals surface area contributed by atoms with Crippen molar-refractivity contribution in [1.82, 2.24) is 15.5 Å². The number of rotatable bonds is 6. The van der Waals surface area contributed by atoms with E-state index in [1.54, 1.807) is 0 Å². The molecular weight excluding hydrogens is 354 g/mol. The van der Waals surface area contributed by atoms with Crippen molar-refractivity contribution in [2.24, 2.45) is 0 Å². The lowest BCUT2D eigenvalue weighted by molar-refractivity contribution is -0.122. The van der Waals surface area contributed by atoms with Crippen LogP contribution in [0.15, 0.2) is 53.1 Å². The molecule has 3 aromatic rings. The number of benzene rings is 2. The molecule has 0 bridgehead atoms. The molecule has 0 atom stereocenters. The van der Waals surface area contributed by atoms with Crippen LogP contribution in [0.4, 0.5) is 0 Å². The number of hydrogen-bond donors (Lipinski definition) is 2. The highest BCUT2D eigenvalue weighted by Gasteiger charge is 2.16. The fourth-order valence-corrected chi connectivity index (χ4v) is 2.99. The third-order valence-electron chi connectivity index (χ3n) is 4.95. The predicted octanol–water partition coefficient (Wildman–Crippen LogP) is 4.31. The maximum Gasteiger partial charge on any atom is 0.290 e. The van der Waals surface area contributed by atoms with Gasteiger partial charge in [-0.2, -0.15) is 4.98 Å². The van der Waals surface area contributed by atoms with Crippen molar-refractivity contribution in [2.75, 3.05) is 0 Å². The zero-order valence-corrected chi connectivity index (χ0v) is 16.0. The van der Waals surface area contributed by atoms with E-state index in [2.05, 4.69) is 58.8 Å². The van der Waals surface area contributed by atoms with Gasteiger partial charge in [0.1, 0.15) is 0 Å². The highest BCUT2D eigenvalue weighted by atomic mass is 16.5. The van der Waals surface area contributed by atoms with Gasteiger partial charge in [-0.25, -0.2) is 0 Å². The van der Waals surface area contributed by atoms with Crippen LogP contribution >= 0.6 is 0 Å². The minimum absolute atomic E-state index is 0.250. The van der Waals surface area contributed by atoms with E-state index in [1.807, 2.05) is 12.1 Å². The molecule has 1 saturated carbocycles. The molecule has 0 amide bonds. The number of nitrogens with one attached hydrogen (secondary N) is 1.